The number of aryl methyl sites for hydroxylation is 1. The molecule has 0 saturated heterocycles. The predicted octanol–water partition coefficient (Wildman–Crippen LogP) is 4.84. The van der Waals surface area contributed by atoms with Crippen molar-refractivity contribution in [3.63, 3.8) is 0 Å². The summed E-state index contributed by atoms with van der Waals surface area (Å²) < 4.78 is 13.3. The molecule has 90 valence electrons. The van der Waals surface area contributed by atoms with Crippen molar-refractivity contribution in [3.8, 4) is 0 Å². The minimum atomic E-state index is -0.0931. The topological polar surface area (TPSA) is 0 Å². The first-order valence-electron chi connectivity index (χ1n) is 6.02. The maximum absolute atomic E-state index is 13.3. The van der Waals surface area contributed by atoms with Gasteiger partial charge in [-0.25, -0.2) is 4.39 Å². The predicted molar refractivity (Wildman–Crippen MR) is 72.4 cm³/mol. The van der Waals surface area contributed by atoms with Gasteiger partial charge >= 0.3 is 0 Å². The fraction of sp³-hybridized carbons (Fsp3) is 0.250. The largest absolute Gasteiger partial charge is 0.207 e. The zero-order valence-corrected chi connectivity index (χ0v) is 10.3. The van der Waals surface area contributed by atoms with Crippen molar-refractivity contribution in [2.45, 2.75) is 26.2 Å². The SMILES string of the molecule is C/C=C/C=C/C=C/CCCc1ccccc1F. The van der Waals surface area contributed by atoms with Crippen molar-refractivity contribution in [1.29, 1.82) is 0 Å². The number of hydrogen-bond donors (Lipinski definition) is 0. The summed E-state index contributed by atoms with van der Waals surface area (Å²) in [6, 6.07) is 6.98. The highest BCUT2D eigenvalue weighted by molar-refractivity contribution is 5.17. The third-order valence-electron chi connectivity index (χ3n) is 2.44. The van der Waals surface area contributed by atoms with Gasteiger partial charge in [0.2, 0.25) is 0 Å². The van der Waals surface area contributed by atoms with E-state index < -0.39 is 0 Å². The second kappa shape index (κ2) is 8.51. The summed E-state index contributed by atoms with van der Waals surface area (Å²) in [7, 11) is 0. The van der Waals surface area contributed by atoms with Crippen molar-refractivity contribution in [3.05, 3.63) is 72.1 Å². The summed E-state index contributed by atoms with van der Waals surface area (Å²) in [5.41, 5.74) is 0.811. The molecular formula is C16H19F. The van der Waals surface area contributed by atoms with Crippen molar-refractivity contribution < 1.29 is 4.39 Å². The molecule has 0 aliphatic heterocycles. The van der Waals surface area contributed by atoms with Crippen molar-refractivity contribution in [1.82, 2.24) is 0 Å². The Morgan fingerprint density at radius 1 is 1.06 bits per heavy atom. The second-order valence-corrected chi connectivity index (χ2v) is 3.82. The number of unbranched alkanes of at least 4 members (excludes halogenated alkanes) is 1. The van der Waals surface area contributed by atoms with E-state index in [1.807, 2.05) is 49.4 Å². The monoisotopic (exact) mass is 230 g/mol. The van der Waals surface area contributed by atoms with Gasteiger partial charge < -0.3 is 0 Å². The van der Waals surface area contributed by atoms with Crippen LogP contribution in [-0.2, 0) is 6.42 Å². The minimum Gasteiger partial charge on any atom is -0.207 e. The zero-order valence-electron chi connectivity index (χ0n) is 10.3. The van der Waals surface area contributed by atoms with Crippen LogP contribution >= 0.6 is 0 Å². The molecule has 0 atom stereocenters. The maximum atomic E-state index is 13.3. The molecule has 0 fully saturated rings. The number of allylic oxidation sites excluding steroid dienone is 6. The van der Waals surface area contributed by atoms with Gasteiger partial charge in [-0.3, -0.25) is 0 Å². The van der Waals surface area contributed by atoms with Crippen LogP contribution in [0.3, 0.4) is 0 Å². The minimum absolute atomic E-state index is 0.0931. The van der Waals surface area contributed by atoms with E-state index in [9.17, 15) is 4.39 Å². The Hall–Kier alpha value is -1.63. The van der Waals surface area contributed by atoms with E-state index in [1.54, 1.807) is 6.07 Å². The number of halogens is 1. The van der Waals surface area contributed by atoms with Gasteiger partial charge in [-0.15, -0.1) is 0 Å². The molecule has 0 amide bonds. The lowest BCUT2D eigenvalue weighted by Gasteiger charge is -2.00. The number of benzene rings is 1. The molecule has 0 spiro atoms. The Morgan fingerprint density at radius 3 is 2.59 bits per heavy atom. The van der Waals surface area contributed by atoms with Crippen LogP contribution in [0.4, 0.5) is 4.39 Å². The fourth-order valence-electron chi connectivity index (χ4n) is 1.53. The molecule has 17 heavy (non-hydrogen) atoms. The molecule has 0 nitrogen and oxygen atoms in total. The lowest BCUT2D eigenvalue weighted by atomic mass is 10.1. The molecule has 0 bridgehead atoms. The normalized spacial score (nSPS) is 12.1. The van der Waals surface area contributed by atoms with Gasteiger partial charge in [-0.05, 0) is 37.8 Å². The standard InChI is InChI=1S/C16H19F/c1-2-3-4-5-6-7-8-9-12-15-13-10-11-14-16(15)17/h2-7,10-11,13-14H,8-9,12H2,1H3/b3-2+,5-4+,7-6+. The van der Waals surface area contributed by atoms with Gasteiger partial charge in [0.15, 0.2) is 0 Å². The average Bonchev–Trinajstić information content (AvgIpc) is 2.35. The summed E-state index contributed by atoms with van der Waals surface area (Å²) in [4.78, 5) is 0. The molecule has 0 radical (unpaired) electrons. The van der Waals surface area contributed by atoms with E-state index in [4.69, 9.17) is 0 Å². The van der Waals surface area contributed by atoms with Crippen LogP contribution in [0.15, 0.2) is 60.7 Å². The first-order chi connectivity index (χ1) is 8.34. The highest BCUT2D eigenvalue weighted by Gasteiger charge is 1.98. The molecule has 0 aromatic heterocycles. The lowest BCUT2D eigenvalue weighted by Crippen LogP contribution is -1.89. The number of hydrogen-bond acceptors (Lipinski definition) is 0. The van der Waals surface area contributed by atoms with E-state index in [0.717, 1.165) is 24.8 Å². The molecule has 1 rings (SSSR count). The lowest BCUT2D eigenvalue weighted by molar-refractivity contribution is 0.605. The van der Waals surface area contributed by atoms with E-state index in [-0.39, 0.29) is 5.82 Å². The molecule has 1 aromatic rings. The molecule has 1 heteroatoms. The quantitative estimate of drug-likeness (QED) is 0.484. The van der Waals surface area contributed by atoms with E-state index >= 15 is 0 Å². The second-order valence-electron chi connectivity index (χ2n) is 3.82. The van der Waals surface area contributed by atoms with Crippen LogP contribution in [0.25, 0.3) is 0 Å². The third kappa shape index (κ3) is 5.86. The van der Waals surface area contributed by atoms with E-state index in [2.05, 4.69) is 6.08 Å². The van der Waals surface area contributed by atoms with Gasteiger partial charge in [-0.1, -0.05) is 54.7 Å². The van der Waals surface area contributed by atoms with E-state index in [1.165, 1.54) is 6.07 Å². The molecule has 0 heterocycles. The summed E-state index contributed by atoms with van der Waals surface area (Å²) >= 11 is 0. The van der Waals surface area contributed by atoms with Crippen LogP contribution in [-0.4, -0.2) is 0 Å². The van der Waals surface area contributed by atoms with Crippen LogP contribution in [0.2, 0.25) is 0 Å². The van der Waals surface area contributed by atoms with Crippen LogP contribution < -0.4 is 0 Å². The van der Waals surface area contributed by atoms with Gasteiger partial charge in [0.1, 0.15) is 5.82 Å². The Balaban J connectivity index is 2.23. The van der Waals surface area contributed by atoms with Crippen molar-refractivity contribution in [2.24, 2.45) is 0 Å². The van der Waals surface area contributed by atoms with Gasteiger partial charge in [-0.2, -0.15) is 0 Å². The summed E-state index contributed by atoms with van der Waals surface area (Å²) in [6.07, 6.45) is 14.9. The van der Waals surface area contributed by atoms with Crippen molar-refractivity contribution in [2.75, 3.05) is 0 Å². The third-order valence-corrected chi connectivity index (χ3v) is 2.44. The molecular weight excluding hydrogens is 211 g/mol. The summed E-state index contributed by atoms with van der Waals surface area (Å²) in [5, 5.41) is 0. The van der Waals surface area contributed by atoms with Gasteiger partial charge in [0.25, 0.3) is 0 Å². The molecule has 0 aliphatic carbocycles. The number of rotatable bonds is 6. The first-order valence-corrected chi connectivity index (χ1v) is 6.02. The highest BCUT2D eigenvalue weighted by atomic mass is 19.1. The average molecular weight is 230 g/mol. The Morgan fingerprint density at radius 2 is 1.82 bits per heavy atom. The molecule has 0 N–H and O–H groups in total. The Kier molecular flexibility index (Phi) is 6.73. The zero-order chi connectivity index (χ0) is 12.3. The van der Waals surface area contributed by atoms with Gasteiger partial charge in [0, 0.05) is 0 Å². The van der Waals surface area contributed by atoms with Crippen molar-refractivity contribution >= 4 is 0 Å². The maximum Gasteiger partial charge on any atom is 0.126 e. The van der Waals surface area contributed by atoms with Crippen LogP contribution in [0.5, 0.6) is 0 Å². The molecule has 1 aromatic carbocycles. The summed E-state index contributed by atoms with van der Waals surface area (Å²) in [6.45, 7) is 1.99. The van der Waals surface area contributed by atoms with Gasteiger partial charge in [0.05, 0.1) is 0 Å². The smallest absolute Gasteiger partial charge is 0.126 e. The molecule has 0 unspecified atom stereocenters. The summed E-state index contributed by atoms with van der Waals surface area (Å²) in [5.74, 6) is -0.0931. The molecule has 0 saturated carbocycles. The Labute approximate surface area is 103 Å². The molecule has 0 aliphatic rings. The van der Waals surface area contributed by atoms with E-state index in [0.29, 0.717) is 0 Å². The van der Waals surface area contributed by atoms with Crippen LogP contribution in [0, 0.1) is 5.82 Å². The van der Waals surface area contributed by atoms with Crippen LogP contribution in [0.1, 0.15) is 25.3 Å². The fourth-order valence-corrected chi connectivity index (χ4v) is 1.53. The Bertz CT molecular complexity index is 400. The highest BCUT2D eigenvalue weighted by Crippen LogP contribution is 2.10. The first kappa shape index (κ1) is 13.4.